The van der Waals surface area contributed by atoms with Crippen LogP contribution in [-0.2, 0) is 4.74 Å². The fourth-order valence-electron chi connectivity index (χ4n) is 4.73. The molecule has 5 rings (SSSR count). The fourth-order valence-corrected chi connectivity index (χ4v) is 4.90. The molecule has 2 aliphatic heterocycles. The minimum atomic E-state index is -0.501. The minimum absolute atomic E-state index is 0.0466. The number of fused-ring (bicyclic) bond motifs is 1. The molecule has 2 atom stereocenters. The zero-order valence-electron chi connectivity index (χ0n) is 17.0. The molecule has 0 bridgehead atoms. The van der Waals surface area contributed by atoms with Gasteiger partial charge in [0.15, 0.2) is 11.6 Å². The summed E-state index contributed by atoms with van der Waals surface area (Å²) < 4.78 is 20.3. The molecule has 3 aromatic rings. The third-order valence-corrected chi connectivity index (χ3v) is 6.96. The van der Waals surface area contributed by atoms with Crippen molar-refractivity contribution in [1.29, 1.82) is 0 Å². The number of hydrogen-bond acceptors (Lipinski definition) is 6. The summed E-state index contributed by atoms with van der Waals surface area (Å²) in [6.45, 7) is 6.37. The number of nitrogens with zero attached hydrogens (tertiary/aromatic N) is 4. The Hall–Kier alpha value is -2.29. The van der Waals surface area contributed by atoms with Crippen molar-refractivity contribution >= 4 is 28.6 Å². The van der Waals surface area contributed by atoms with Gasteiger partial charge in [0.1, 0.15) is 5.52 Å². The first-order valence-electron chi connectivity index (χ1n) is 10.2. The van der Waals surface area contributed by atoms with E-state index >= 15 is 0 Å². The Labute approximate surface area is 178 Å². The number of nitrogens with two attached hydrogens (primary N) is 1. The van der Waals surface area contributed by atoms with Crippen LogP contribution in [0.15, 0.2) is 18.2 Å². The lowest BCUT2D eigenvalue weighted by Crippen LogP contribution is -2.50. The van der Waals surface area contributed by atoms with Crippen LogP contribution in [-0.4, -0.2) is 52.0 Å². The molecule has 30 heavy (non-hydrogen) atoms. The summed E-state index contributed by atoms with van der Waals surface area (Å²) in [6, 6.07) is 4.93. The highest BCUT2D eigenvalue weighted by Gasteiger charge is 2.47. The maximum atomic E-state index is 14.5. The van der Waals surface area contributed by atoms with E-state index in [1.807, 2.05) is 13.8 Å². The van der Waals surface area contributed by atoms with E-state index in [0.717, 1.165) is 44.0 Å². The van der Waals surface area contributed by atoms with Crippen molar-refractivity contribution < 1.29 is 9.13 Å². The van der Waals surface area contributed by atoms with Crippen molar-refractivity contribution in [1.82, 2.24) is 20.2 Å². The van der Waals surface area contributed by atoms with Gasteiger partial charge in [-0.3, -0.25) is 5.10 Å². The van der Waals surface area contributed by atoms with Gasteiger partial charge in [0.25, 0.3) is 0 Å². The molecular weight excluding hydrogens is 407 g/mol. The summed E-state index contributed by atoms with van der Waals surface area (Å²) in [5, 5.41) is 7.22. The number of hydrogen-bond donors (Lipinski definition) is 2. The van der Waals surface area contributed by atoms with Crippen molar-refractivity contribution in [3.63, 3.8) is 0 Å². The molecule has 9 heteroatoms. The third kappa shape index (κ3) is 2.97. The molecule has 0 amide bonds. The summed E-state index contributed by atoms with van der Waals surface area (Å²) in [6.07, 6.45) is 2.01. The molecule has 2 saturated heterocycles. The molecule has 0 aliphatic carbocycles. The molecule has 2 aromatic heterocycles. The van der Waals surface area contributed by atoms with Crippen LogP contribution in [0.4, 0.5) is 10.2 Å². The second-order valence-corrected chi connectivity index (χ2v) is 8.80. The van der Waals surface area contributed by atoms with E-state index in [2.05, 4.69) is 15.1 Å². The average Bonchev–Trinajstić information content (AvgIpc) is 3.27. The molecule has 4 heterocycles. The second kappa shape index (κ2) is 7.14. The minimum Gasteiger partial charge on any atom is -0.376 e. The highest BCUT2D eigenvalue weighted by molar-refractivity contribution is 6.31. The summed E-state index contributed by atoms with van der Waals surface area (Å²) >= 11 is 5.94. The Morgan fingerprint density at radius 2 is 2.07 bits per heavy atom. The predicted molar refractivity (Wildman–Crippen MR) is 114 cm³/mol. The van der Waals surface area contributed by atoms with Crippen molar-refractivity contribution in [3.05, 3.63) is 34.7 Å². The second-order valence-electron chi connectivity index (χ2n) is 8.40. The Kier molecular flexibility index (Phi) is 4.68. The van der Waals surface area contributed by atoms with Crippen molar-refractivity contribution in [2.24, 2.45) is 11.1 Å². The lowest BCUT2D eigenvalue weighted by molar-refractivity contribution is 0.0974. The molecule has 2 fully saturated rings. The molecule has 0 saturated carbocycles. The first kappa shape index (κ1) is 19.7. The number of aromatic amines is 1. The van der Waals surface area contributed by atoms with E-state index in [-0.39, 0.29) is 22.6 Å². The molecule has 3 N–H and O–H groups in total. The molecule has 1 spiro atoms. The Morgan fingerprint density at radius 3 is 2.77 bits per heavy atom. The number of benzene rings is 1. The van der Waals surface area contributed by atoms with Crippen LogP contribution < -0.4 is 10.6 Å². The summed E-state index contributed by atoms with van der Waals surface area (Å²) in [4.78, 5) is 11.7. The molecule has 2 aliphatic rings. The zero-order valence-corrected chi connectivity index (χ0v) is 17.7. The Bertz CT molecular complexity index is 1110. The van der Waals surface area contributed by atoms with E-state index in [4.69, 9.17) is 32.0 Å². The van der Waals surface area contributed by atoms with E-state index in [9.17, 15) is 4.39 Å². The number of nitrogens with one attached hydrogen (secondary N) is 1. The van der Waals surface area contributed by atoms with Gasteiger partial charge in [-0.05, 0) is 38.8 Å². The number of anilines is 1. The molecule has 1 aromatic carbocycles. The summed E-state index contributed by atoms with van der Waals surface area (Å²) in [5.74, 6) is 0.307. The van der Waals surface area contributed by atoms with Crippen molar-refractivity contribution in [2.75, 3.05) is 24.6 Å². The van der Waals surface area contributed by atoms with Crippen LogP contribution in [0.25, 0.3) is 22.4 Å². The molecule has 0 unspecified atom stereocenters. The van der Waals surface area contributed by atoms with Crippen molar-refractivity contribution in [2.45, 2.75) is 38.8 Å². The number of aromatic nitrogens is 4. The van der Waals surface area contributed by atoms with E-state index in [0.29, 0.717) is 22.4 Å². The van der Waals surface area contributed by atoms with Gasteiger partial charge in [-0.25, -0.2) is 14.4 Å². The number of ether oxygens (including phenoxy) is 1. The SMILES string of the molecule is Cc1nc2c(-c3cccc(Cl)c3F)[nH]nc2nc1N1CCC2(CC1)CO[C@@H](C)[C@H]2N. The van der Waals surface area contributed by atoms with Crippen LogP contribution >= 0.6 is 11.6 Å². The molecule has 7 nitrogen and oxygen atoms in total. The van der Waals surface area contributed by atoms with Crippen LogP contribution in [0.2, 0.25) is 5.02 Å². The van der Waals surface area contributed by atoms with E-state index < -0.39 is 5.82 Å². The average molecular weight is 431 g/mol. The van der Waals surface area contributed by atoms with Gasteiger partial charge in [-0.1, -0.05) is 17.7 Å². The number of rotatable bonds is 2. The van der Waals surface area contributed by atoms with Crippen molar-refractivity contribution in [3.8, 4) is 11.3 Å². The smallest absolute Gasteiger partial charge is 0.202 e. The first-order chi connectivity index (χ1) is 14.4. The topological polar surface area (TPSA) is 93.0 Å². The Morgan fingerprint density at radius 1 is 1.30 bits per heavy atom. The number of halogens is 2. The maximum absolute atomic E-state index is 14.5. The number of H-pyrrole nitrogens is 1. The predicted octanol–water partition coefficient (Wildman–Crippen LogP) is 3.45. The largest absolute Gasteiger partial charge is 0.376 e. The van der Waals surface area contributed by atoms with Gasteiger partial charge < -0.3 is 15.4 Å². The van der Waals surface area contributed by atoms with Gasteiger partial charge in [-0.15, -0.1) is 0 Å². The normalized spacial score (nSPS) is 23.6. The lowest BCUT2D eigenvalue weighted by Gasteiger charge is -2.41. The monoisotopic (exact) mass is 430 g/mol. The number of aryl methyl sites for hydroxylation is 1. The summed E-state index contributed by atoms with van der Waals surface area (Å²) in [5.41, 5.74) is 9.06. The quantitative estimate of drug-likeness (QED) is 0.646. The van der Waals surface area contributed by atoms with Gasteiger partial charge in [0, 0.05) is 30.1 Å². The summed E-state index contributed by atoms with van der Waals surface area (Å²) in [7, 11) is 0. The Balaban J connectivity index is 1.45. The first-order valence-corrected chi connectivity index (χ1v) is 10.6. The fraction of sp³-hybridized carbons (Fsp3) is 0.476. The molecule has 0 radical (unpaired) electrons. The molecule has 158 valence electrons. The van der Waals surface area contributed by atoms with Gasteiger partial charge in [0.2, 0.25) is 5.65 Å². The van der Waals surface area contributed by atoms with Gasteiger partial charge in [0.05, 0.1) is 29.1 Å². The lowest BCUT2D eigenvalue weighted by atomic mass is 9.73. The van der Waals surface area contributed by atoms with E-state index in [1.165, 1.54) is 6.07 Å². The van der Waals surface area contributed by atoms with Crippen LogP contribution in [0.1, 0.15) is 25.5 Å². The highest BCUT2D eigenvalue weighted by Crippen LogP contribution is 2.42. The maximum Gasteiger partial charge on any atom is 0.202 e. The van der Waals surface area contributed by atoms with Crippen LogP contribution in [0, 0.1) is 18.2 Å². The number of piperidine rings is 1. The highest BCUT2D eigenvalue weighted by atomic mass is 35.5. The standard InChI is InChI=1S/C21H24ClFN6O/c1-11-20(29-8-6-21(7-9-29)10-30-12(2)18(21)24)26-19-17(25-11)16(27-28-19)13-4-3-5-14(22)15(13)23/h3-5,12,18H,6-10,24H2,1-2H3,(H,26,27,28)/t12-,18+/m0/s1. The zero-order chi connectivity index (χ0) is 21.0. The molecular formula is C21H24ClFN6O. The van der Waals surface area contributed by atoms with Gasteiger partial charge >= 0.3 is 0 Å². The van der Waals surface area contributed by atoms with Gasteiger partial charge in [-0.2, -0.15) is 5.10 Å². The van der Waals surface area contributed by atoms with E-state index in [1.54, 1.807) is 12.1 Å². The van der Waals surface area contributed by atoms with Crippen LogP contribution in [0.3, 0.4) is 0 Å². The third-order valence-electron chi connectivity index (χ3n) is 6.66. The van der Waals surface area contributed by atoms with Crippen LogP contribution in [0.5, 0.6) is 0 Å².